The summed E-state index contributed by atoms with van der Waals surface area (Å²) >= 11 is 2.87. The highest BCUT2D eigenvalue weighted by molar-refractivity contribution is 9.08. The first-order valence-electron chi connectivity index (χ1n) is 2.49. The minimum absolute atomic E-state index is 0.0858. The standard InChI is InChI=1S/C4H2BrF3N2O/c5-1-2-9-10-3(11-2)4(6,7)8/h1H2. The van der Waals surface area contributed by atoms with Crippen LogP contribution in [0.4, 0.5) is 13.2 Å². The Bertz CT molecular complexity index is 246. The van der Waals surface area contributed by atoms with Crippen molar-refractivity contribution in [2.45, 2.75) is 11.5 Å². The third-order valence-corrected chi connectivity index (χ3v) is 1.30. The van der Waals surface area contributed by atoms with E-state index < -0.39 is 12.1 Å². The van der Waals surface area contributed by atoms with Gasteiger partial charge >= 0.3 is 12.1 Å². The van der Waals surface area contributed by atoms with E-state index in [4.69, 9.17) is 0 Å². The van der Waals surface area contributed by atoms with Gasteiger partial charge in [-0.05, 0) is 0 Å². The van der Waals surface area contributed by atoms with E-state index >= 15 is 0 Å². The molecule has 0 amide bonds. The second kappa shape index (κ2) is 2.80. The molecule has 1 heterocycles. The fraction of sp³-hybridized carbons (Fsp3) is 0.500. The number of hydrogen-bond donors (Lipinski definition) is 0. The molecule has 0 saturated heterocycles. The maximum absolute atomic E-state index is 11.7. The van der Waals surface area contributed by atoms with Crippen LogP contribution in [0.25, 0.3) is 0 Å². The molecule has 0 N–H and O–H groups in total. The summed E-state index contributed by atoms with van der Waals surface area (Å²) in [5, 5.41) is 6.03. The molecule has 1 aromatic rings. The van der Waals surface area contributed by atoms with Crippen molar-refractivity contribution < 1.29 is 17.6 Å². The zero-order valence-corrected chi connectivity index (χ0v) is 6.61. The SMILES string of the molecule is FC(F)(F)c1nnc(CBr)o1. The quantitative estimate of drug-likeness (QED) is 0.693. The van der Waals surface area contributed by atoms with Crippen LogP contribution in [-0.4, -0.2) is 10.2 Å². The normalized spacial score (nSPS) is 12.0. The van der Waals surface area contributed by atoms with Crippen LogP contribution in [0.2, 0.25) is 0 Å². The molecule has 0 aliphatic rings. The van der Waals surface area contributed by atoms with Gasteiger partial charge in [-0.2, -0.15) is 13.2 Å². The Morgan fingerprint density at radius 3 is 2.27 bits per heavy atom. The van der Waals surface area contributed by atoms with Crippen LogP contribution in [0.15, 0.2) is 4.42 Å². The number of aromatic nitrogens is 2. The Morgan fingerprint density at radius 2 is 2.00 bits per heavy atom. The van der Waals surface area contributed by atoms with Crippen molar-refractivity contribution in [2.24, 2.45) is 0 Å². The van der Waals surface area contributed by atoms with Crippen LogP contribution in [-0.2, 0) is 11.5 Å². The summed E-state index contributed by atoms with van der Waals surface area (Å²) in [4.78, 5) is 0. The van der Waals surface area contributed by atoms with E-state index in [0.29, 0.717) is 0 Å². The van der Waals surface area contributed by atoms with E-state index in [0.717, 1.165) is 0 Å². The second-order valence-electron chi connectivity index (χ2n) is 1.63. The summed E-state index contributed by atoms with van der Waals surface area (Å²) in [7, 11) is 0. The van der Waals surface area contributed by atoms with Crippen LogP contribution in [0, 0.1) is 0 Å². The molecule has 0 aromatic carbocycles. The number of nitrogens with zero attached hydrogens (tertiary/aromatic N) is 2. The molecule has 11 heavy (non-hydrogen) atoms. The van der Waals surface area contributed by atoms with E-state index in [-0.39, 0.29) is 11.2 Å². The lowest BCUT2D eigenvalue weighted by atomic mass is 10.7. The summed E-state index contributed by atoms with van der Waals surface area (Å²) < 4.78 is 39.4. The molecule has 0 spiro atoms. The minimum Gasteiger partial charge on any atom is -0.416 e. The van der Waals surface area contributed by atoms with Crippen LogP contribution >= 0.6 is 15.9 Å². The maximum atomic E-state index is 11.7. The first kappa shape index (κ1) is 8.51. The molecule has 0 radical (unpaired) electrons. The third-order valence-electron chi connectivity index (χ3n) is 0.824. The highest BCUT2D eigenvalue weighted by Crippen LogP contribution is 2.27. The van der Waals surface area contributed by atoms with Crippen molar-refractivity contribution in [3.63, 3.8) is 0 Å². The van der Waals surface area contributed by atoms with Crippen LogP contribution in [0.5, 0.6) is 0 Å². The Balaban J connectivity index is 2.89. The van der Waals surface area contributed by atoms with Gasteiger partial charge in [0.05, 0.1) is 5.33 Å². The Kier molecular flexibility index (Phi) is 2.17. The van der Waals surface area contributed by atoms with Gasteiger partial charge in [-0.1, -0.05) is 15.9 Å². The molecule has 62 valence electrons. The lowest BCUT2D eigenvalue weighted by molar-refractivity contribution is -0.157. The lowest BCUT2D eigenvalue weighted by Crippen LogP contribution is -2.04. The molecule has 3 nitrogen and oxygen atoms in total. The van der Waals surface area contributed by atoms with Gasteiger partial charge in [-0.25, -0.2) is 0 Å². The zero-order chi connectivity index (χ0) is 8.48. The average Bonchev–Trinajstić information content (AvgIpc) is 2.32. The Labute approximate surface area is 67.7 Å². The van der Waals surface area contributed by atoms with Crippen molar-refractivity contribution in [1.82, 2.24) is 10.2 Å². The number of halogens is 4. The predicted molar refractivity (Wildman–Crippen MR) is 31.9 cm³/mol. The van der Waals surface area contributed by atoms with Gasteiger partial charge < -0.3 is 4.42 Å². The third kappa shape index (κ3) is 1.92. The molecule has 0 atom stereocenters. The highest BCUT2D eigenvalue weighted by Gasteiger charge is 2.37. The molecule has 0 bridgehead atoms. The van der Waals surface area contributed by atoms with Crippen molar-refractivity contribution in [2.75, 3.05) is 0 Å². The highest BCUT2D eigenvalue weighted by atomic mass is 79.9. The lowest BCUT2D eigenvalue weighted by Gasteiger charge is -1.96. The van der Waals surface area contributed by atoms with E-state index in [1.54, 1.807) is 0 Å². The molecule has 1 rings (SSSR count). The molecule has 0 unspecified atom stereocenters. The fourth-order valence-electron chi connectivity index (χ4n) is 0.422. The topological polar surface area (TPSA) is 38.9 Å². The molecule has 0 aliphatic carbocycles. The summed E-state index contributed by atoms with van der Waals surface area (Å²) in [5.74, 6) is -1.40. The largest absolute Gasteiger partial charge is 0.470 e. The average molecular weight is 231 g/mol. The van der Waals surface area contributed by atoms with E-state index in [2.05, 4.69) is 30.5 Å². The first-order valence-corrected chi connectivity index (χ1v) is 3.61. The van der Waals surface area contributed by atoms with Crippen molar-refractivity contribution in [3.05, 3.63) is 11.8 Å². The van der Waals surface area contributed by atoms with Crippen LogP contribution in [0.3, 0.4) is 0 Å². The molecule has 7 heteroatoms. The van der Waals surface area contributed by atoms with E-state index in [1.807, 2.05) is 0 Å². The molecule has 0 saturated carbocycles. The van der Waals surface area contributed by atoms with Crippen molar-refractivity contribution >= 4 is 15.9 Å². The van der Waals surface area contributed by atoms with Gasteiger partial charge in [-0.15, -0.1) is 10.2 Å². The molecular formula is C4H2BrF3N2O. The molecular weight excluding hydrogens is 229 g/mol. The summed E-state index contributed by atoms with van der Waals surface area (Å²) in [6.45, 7) is 0. The summed E-state index contributed by atoms with van der Waals surface area (Å²) in [6.07, 6.45) is -4.55. The van der Waals surface area contributed by atoms with Gasteiger partial charge in [-0.3, -0.25) is 0 Å². The second-order valence-corrected chi connectivity index (χ2v) is 2.19. The monoisotopic (exact) mass is 230 g/mol. The minimum atomic E-state index is -4.55. The number of hydrogen-bond acceptors (Lipinski definition) is 3. The van der Waals surface area contributed by atoms with E-state index in [1.165, 1.54) is 0 Å². The Hall–Kier alpha value is -0.590. The molecule has 1 aromatic heterocycles. The predicted octanol–water partition coefficient (Wildman–Crippen LogP) is 1.98. The molecule has 0 aliphatic heterocycles. The number of rotatable bonds is 1. The van der Waals surface area contributed by atoms with E-state index in [9.17, 15) is 13.2 Å². The summed E-state index contributed by atoms with van der Waals surface area (Å²) in [6, 6.07) is 0. The van der Waals surface area contributed by atoms with Crippen LogP contribution < -0.4 is 0 Å². The van der Waals surface area contributed by atoms with Gasteiger partial charge in [0.2, 0.25) is 5.89 Å². The first-order chi connectivity index (χ1) is 5.04. The fourth-order valence-corrected chi connectivity index (χ4v) is 0.649. The zero-order valence-electron chi connectivity index (χ0n) is 5.02. The Morgan fingerprint density at radius 1 is 1.36 bits per heavy atom. The summed E-state index contributed by atoms with van der Waals surface area (Å²) in [5.41, 5.74) is 0. The number of alkyl halides is 4. The van der Waals surface area contributed by atoms with Crippen molar-refractivity contribution in [3.8, 4) is 0 Å². The van der Waals surface area contributed by atoms with Gasteiger partial charge in [0, 0.05) is 0 Å². The van der Waals surface area contributed by atoms with Gasteiger partial charge in [0.1, 0.15) is 0 Å². The maximum Gasteiger partial charge on any atom is 0.470 e. The smallest absolute Gasteiger partial charge is 0.416 e. The van der Waals surface area contributed by atoms with Crippen molar-refractivity contribution in [1.29, 1.82) is 0 Å². The van der Waals surface area contributed by atoms with Crippen LogP contribution in [0.1, 0.15) is 11.8 Å². The van der Waals surface area contributed by atoms with Gasteiger partial charge in [0.15, 0.2) is 0 Å². The molecule has 0 fully saturated rings. The van der Waals surface area contributed by atoms with Gasteiger partial charge in [0.25, 0.3) is 0 Å².